The van der Waals surface area contributed by atoms with Gasteiger partial charge in [0.05, 0.1) is 11.0 Å². The fraction of sp³-hybridized carbons (Fsp3) is 0.350. The van der Waals surface area contributed by atoms with Gasteiger partial charge >= 0.3 is 0 Å². The Balaban J connectivity index is 1.33. The average Bonchev–Trinajstić information content (AvgIpc) is 3.34. The standard InChI is InChI=1S/C20H21N3O2/c1-22-17-5-3-2-4-16(17)21-20(22)15-8-9-23(12-15)11-14-6-7-18-19(10-14)25-13-24-18/h2-7,10,15H,8-9,11-13H2,1H3/t15-/m0/s1. The molecule has 25 heavy (non-hydrogen) atoms. The van der Waals surface area contributed by atoms with E-state index in [1.165, 1.54) is 16.9 Å². The number of fused-ring (bicyclic) bond motifs is 2. The number of hydrogen-bond donors (Lipinski definition) is 0. The molecule has 0 N–H and O–H groups in total. The molecule has 0 saturated carbocycles. The molecule has 0 amide bonds. The third-order valence-electron chi connectivity index (χ3n) is 5.30. The molecule has 5 heteroatoms. The number of ether oxygens (including phenoxy) is 2. The zero-order chi connectivity index (χ0) is 16.8. The lowest BCUT2D eigenvalue weighted by molar-refractivity contribution is 0.174. The van der Waals surface area contributed by atoms with E-state index in [2.05, 4.69) is 52.9 Å². The number of likely N-dealkylation sites (tertiary alicyclic amines) is 1. The van der Waals surface area contributed by atoms with Crippen LogP contribution in [0.2, 0.25) is 0 Å². The van der Waals surface area contributed by atoms with Crippen molar-refractivity contribution in [2.24, 2.45) is 7.05 Å². The predicted octanol–water partition coefficient (Wildman–Crippen LogP) is 3.29. The maximum atomic E-state index is 5.49. The summed E-state index contributed by atoms with van der Waals surface area (Å²) in [7, 11) is 2.13. The third-order valence-corrected chi connectivity index (χ3v) is 5.30. The molecule has 5 rings (SSSR count). The number of nitrogens with zero attached hydrogens (tertiary/aromatic N) is 3. The predicted molar refractivity (Wildman–Crippen MR) is 95.9 cm³/mol. The molecule has 0 bridgehead atoms. The second kappa shape index (κ2) is 5.77. The van der Waals surface area contributed by atoms with Gasteiger partial charge in [-0.3, -0.25) is 4.90 Å². The minimum Gasteiger partial charge on any atom is -0.454 e. The summed E-state index contributed by atoms with van der Waals surface area (Å²) in [4.78, 5) is 7.38. The highest BCUT2D eigenvalue weighted by Gasteiger charge is 2.28. The van der Waals surface area contributed by atoms with Gasteiger partial charge in [0.15, 0.2) is 11.5 Å². The summed E-state index contributed by atoms with van der Waals surface area (Å²) >= 11 is 0. The van der Waals surface area contributed by atoms with Gasteiger partial charge in [0.1, 0.15) is 5.82 Å². The van der Waals surface area contributed by atoms with Crippen LogP contribution in [-0.2, 0) is 13.6 Å². The van der Waals surface area contributed by atoms with Gasteiger partial charge in [0, 0.05) is 26.1 Å². The van der Waals surface area contributed by atoms with E-state index in [4.69, 9.17) is 14.5 Å². The highest BCUT2D eigenvalue weighted by molar-refractivity contribution is 5.75. The molecule has 3 heterocycles. The molecule has 1 fully saturated rings. The van der Waals surface area contributed by atoms with Crippen molar-refractivity contribution < 1.29 is 9.47 Å². The van der Waals surface area contributed by atoms with Crippen molar-refractivity contribution in [1.29, 1.82) is 0 Å². The minimum absolute atomic E-state index is 0.331. The lowest BCUT2D eigenvalue weighted by atomic mass is 10.1. The van der Waals surface area contributed by atoms with Crippen molar-refractivity contribution in [2.75, 3.05) is 19.9 Å². The zero-order valence-electron chi connectivity index (χ0n) is 14.3. The van der Waals surface area contributed by atoms with E-state index >= 15 is 0 Å². The smallest absolute Gasteiger partial charge is 0.231 e. The van der Waals surface area contributed by atoms with Crippen LogP contribution in [0.25, 0.3) is 11.0 Å². The molecule has 2 aliphatic rings. The van der Waals surface area contributed by atoms with Gasteiger partial charge in [-0.15, -0.1) is 0 Å². The van der Waals surface area contributed by atoms with E-state index in [1.54, 1.807) is 0 Å². The van der Waals surface area contributed by atoms with Crippen molar-refractivity contribution >= 4 is 11.0 Å². The molecule has 1 aromatic heterocycles. The number of imidazole rings is 1. The van der Waals surface area contributed by atoms with Gasteiger partial charge in [-0.2, -0.15) is 0 Å². The lowest BCUT2D eigenvalue weighted by Crippen LogP contribution is -2.20. The quantitative estimate of drug-likeness (QED) is 0.736. The Morgan fingerprint density at radius 3 is 2.92 bits per heavy atom. The van der Waals surface area contributed by atoms with Crippen LogP contribution < -0.4 is 9.47 Å². The van der Waals surface area contributed by atoms with Crippen molar-refractivity contribution in [3.05, 3.63) is 53.9 Å². The van der Waals surface area contributed by atoms with Crippen LogP contribution in [0.15, 0.2) is 42.5 Å². The Bertz CT molecular complexity index is 934. The number of rotatable bonds is 3. The van der Waals surface area contributed by atoms with E-state index in [-0.39, 0.29) is 0 Å². The Morgan fingerprint density at radius 1 is 1.12 bits per heavy atom. The monoisotopic (exact) mass is 335 g/mol. The van der Waals surface area contributed by atoms with Crippen LogP contribution in [0.1, 0.15) is 23.7 Å². The van der Waals surface area contributed by atoms with Crippen LogP contribution in [-0.4, -0.2) is 34.3 Å². The van der Waals surface area contributed by atoms with E-state index < -0.39 is 0 Å². The summed E-state index contributed by atoms with van der Waals surface area (Å²) in [6.07, 6.45) is 1.15. The first-order valence-electron chi connectivity index (χ1n) is 8.80. The van der Waals surface area contributed by atoms with Gasteiger partial charge in [-0.05, 0) is 42.8 Å². The first kappa shape index (κ1) is 14.8. The molecule has 0 unspecified atom stereocenters. The van der Waals surface area contributed by atoms with Crippen molar-refractivity contribution in [1.82, 2.24) is 14.5 Å². The van der Waals surface area contributed by atoms with Crippen molar-refractivity contribution in [2.45, 2.75) is 18.9 Å². The summed E-state index contributed by atoms with van der Waals surface area (Å²) in [5, 5.41) is 0. The topological polar surface area (TPSA) is 39.5 Å². The number of benzene rings is 2. The zero-order valence-corrected chi connectivity index (χ0v) is 14.3. The third kappa shape index (κ3) is 2.55. The molecule has 128 valence electrons. The molecule has 2 aromatic carbocycles. The van der Waals surface area contributed by atoms with Crippen LogP contribution >= 0.6 is 0 Å². The van der Waals surface area contributed by atoms with Crippen LogP contribution in [0.4, 0.5) is 0 Å². The van der Waals surface area contributed by atoms with Crippen LogP contribution in [0.5, 0.6) is 11.5 Å². The number of aryl methyl sites for hydroxylation is 1. The summed E-state index contributed by atoms with van der Waals surface area (Å²) in [6, 6.07) is 14.6. The van der Waals surface area contributed by atoms with Gasteiger partial charge in [-0.25, -0.2) is 4.98 Å². The lowest BCUT2D eigenvalue weighted by Gasteiger charge is -2.16. The first-order chi connectivity index (χ1) is 12.3. The average molecular weight is 335 g/mol. The maximum Gasteiger partial charge on any atom is 0.231 e. The SMILES string of the molecule is Cn1c([C@H]2CCN(Cc3ccc4c(c3)OCO4)C2)nc2ccccc21. The molecule has 5 nitrogen and oxygen atoms in total. The van der Waals surface area contributed by atoms with Gasteiger partial charge in [-0.1, -0.05) is 18.2 Å². The summed E-state index contributed by atoms with van der Waals surface area (Å²) < 4.78 is 13.1. The normalized spacial score (nSPS) is 19.8. The number of para-hydroxylation sites is 2. The fourth-order valence-electron chi connectivity index (χ4n) is 4.01. The second-order valence-corrected chi connectivity index (χ2v) is 6.93. The number of aromatic nitrogens is 2. The van der Waals surface area contributed by atoms with Gasteiger partial charge in [0.25, 0.3) is 0 Å². The Morgan fingerprint density at radius 2 is 2.00 bits per heavy atom. The molecular weight excluding hydrogens is 314 g/mol. The fourth-order valence-corrected chi connectivity index (χ4v) is 4.01. The van der Waals surface area contributed by atoms with Crippen LogP contribution in [0.3, 0.4) is 0 Å². The van der Waals surface area contributed by atoms with Gasteiger partial charge < -0.3 is 14.0 Å². The summed E-state index contributed by atoms with van der Waals surface area (Å²) in [6.45, 7) is 3.42. The minimum atomic E-state index is 0.331. The Kier molecular flexibility index (Phi) is 3.41. The Hall–Kier alpha value is -2.53. The molecule has 3 aromatic rings. The maximum absolute atomic E-state index is 5.49. The van der Waals surface area contributed by atoms with Crippen LogP contribution in [0, 0.1) is 0 Å². The molecule has 0 radical (unpaired) electrons. The largest absolute Gasteiger partial charge is 0.454 e. The highest BCUT2D eigenvalue weighted by atomic mass is 16.7. The van der Waals surface area contributed by atoms with Crippen molar-refractivity contribution in [3.8, 4) is 11.5 Å². The first-order valence-corrected chi connectivity index (χ1v) is 8.80. The van der Waals surface area contributed by atoms with Crippen molar-refractivity contribution in [3.63, 3.8) is 0 Å². The summed E-state index contributed by atoms with van der Waals surface area (Å²) in [5.41, 5.74) is 3.58. The van der Waals surface area contributed by atoms with E-state index in [9.17, 15) is 0 Å². The second-order valence-electron chi connectivity index (χ2n) is 6.93. The van der Waals surface area contributed by atoms with Gasteiger partial charge in [0.2, 0.25) is 6.79 Å². The Labute approximate surface area is 146 Å². The van der Waals surface area contributed by atoms with E-state index in [0.29, 0.717) is 12.7 Å². The number of hydrogen-bond acceptors (Lipinski definition) is 4. The molecule has 1 saturated heterocycles. The van der Waals surface area contributed by atoms with E-state index in [0.717, 1.165) is 43.1 Å². The molecule has 0 aliphatic carbocycles. The molecule has 1 atom stereocenters. The highest BCUT2D eigenvalue weighted by Crippen LogP contribution is 2.34. The molecule has 2 aliphatic heterocycles. The summed E-state index contributed by atoms with van der Waals surface area (Å²) in [5.74, 6) is 3.41. The molecular formula is C20H21N3O2. The molecule has 0 spiro atoms. The van der Waals surface area contributed by atoms with E-state index in [1.807, 2.05) is 6.07 Å².